The topological polar surface area (TPSA) is 109 Å². The lowest BCUT2D eigenvalue weighted by Crippen LogP contribution is -2.66. The Morgan fingerprint density at radius 3 is 1.70 bits per heavy atom. The first-order valence-corrected chi connectivity index (χ1v) is 18.1. The minimum absolute atomic E-state index is 0.196. The van der Waals surface area contributed by atoms with Gasteiger partial charge in [0, 0.05) is 24.2 Å². The first-order chi connectivity index (χ1) is 26.1. The van der Waals surface area contributed by atoms with Crippen LogP contribution in [0.2, 0.25) is 0 Å². The van der Waals surface area contributed by atoms with Crippen molar-refractivity contribution in [2.75, 3.05) is 20.3 Å². The number of methoxy groups -OCH3 is 1. The lowest BCUT2D eigenvalue weighted by molar-refractivity contribution is -0.400. The summed E-state index contributed by atoms with van der Waals surface area (Å²) < 4.78 is 64.4. The number of hydrogen-bond donors (Lipinski definition) is 0. The van der Waals surface area contributed by atoms with E-state index in [4.69, 9.17) is 47.4 Å². The average Bonchev–Trinajstić information content (AvgIpc) is 3.22. The molecule has 12 atom stereocenters. The van der Waals surface area contributed by atoms with Gasteiger partial charge in [0.2, 0.25) is 0 Å². The van der Waals surface area contributed by atoms with E-state index in [9.17, 15) is 4.79 Å². The van der Waals surface area contributed by atoms with Crippen LogP contribution in [-0.4, -0.2) is 81.6 Å². The third kappa shape index (κ3) is 7.95. The molecule has 4 aromatic rings. The fraction of sp³-hybridized carbons (Fsp3) is 0.405. The van der Waals surface area contributed by atoms with E-state index in [0.717, 1.165) is 16.7 Å². The number of hydrogen-bond acceptors (Lipinski definition) is 11. The number of benzene rings is 4. The van der Waals surface area contributed by atoms with Crippen LogP contribution in [0.15, 0.2) is 121 Å². The van der Waals surface area contributed by atoms with Crippen molar-refractivity contribution in [2.45, 2.75) is 81.4 Å². The van der Waals surface area contributed by atoms with Gasteiger partial charge in [0.25, 0.3) is 0 Å². The van der Waals surface area contributed by atoms with Crippen LogP contribution in [0.5, 0.6) is 0 Å². The summed E-state index contributed by atoms with van der Waals surface area (Å²) in [7, 11) is 1.57. The molecule has 11 nitrogen and oxygen atoms in total. The van der Waals surface area contributed by atoms with Crippen molar-refractivity contribution in [2.24, 2.45) is 5.92 Å². The molecule has 4 heterocycles. The van der Waals surface area contributed by atoms with Crippen LogP contribution in [-0.2, 0) is 54.0 Å². The first-order valence-electron chi connectivity index (χ1n) is 18.1. The molecule has 0 amide bonds. The Bertz CT molecular complexity index is 1750. The Labute approximate surface area is 308 Å². The van der Waals surface area contributed by atoms with Gasteiger partial charge in [-0.1, -0.05) is 116 Å². The fourth-order valence-electron chi connectivity index (χ4n) is 7.38. The Morgan fingerprint density at radius 1 is 0.623 bits per heavy atom. The highest BCUT2D eigenvalue weighted by molar-refractivity contribution is 5.89. The molecule has 278 valence electrons. The molecule has 4 aromatic carbocycles. The highest BCUT2D eigenvalue weighted by Crippen LogP contribution is 2.42. The van der Waals surface area contributed by atoms with Crippen molar-refractivity contribution in [3.63, 3.8) is 0 Å². The molecule has 4 saturated heterocycles. The number of rotatable bonds is 10. The van der Waals surface area contributed by atoms with Crippen LogP contribution in [0.1, 0.15) is 46.6 Å². The smallest absolute Gasteiger partial charge is 0.338 e. The summed E-state index contributed by atoms with van der Waals surface area (Å²) in [6.45, 7) is 2.77. The van der Waals surface area contributed by atoms with Gasteiger partial charge in [-0.2, -0.15) is 0 Å². The molecule has 0 saturated carbocycles. The van der Waals surface area contributed by atoms with E-state index in [1.54, 1.807) is 31.4 Å². The Balaban J connectivity index is 1.09. The van der Waals surface area contributed by atoms with Crippen LogP contribution in [0.4, 0.5) is 0 Å². The summed E-state index contributed by atoms with van der Waals surface area (Å²) in [6.07, 6.45) is -7.89. The van der Waals surface area contributed by atoms with Gasteiger partial charge in [-0.05, 0) is 17.7 Å². The molecule has 0 N–H and O–H groups in total. The second kappa shape index (κ2) is 16.6. The molecule has 6 unspecified atom stereocenters. The van der Waals surface area contributed by atoms with Gasteiger partial charge in [0.05, 0.1) is 31.5 Å². The van der Waals surface area contributed by atoms with Crippen molar-refractivity contribution >= 4 is 5.97 Å². The minimum atomic E-state index is -1.10. The Kier molecular flexibility index (Phi) is 11.2. The summed E-state index contributed by atoms with van der Waals surface area (Å²) in [5, 5.41) is 0. The number of carbonyl (C=O) groups excluding carboxylic acids is 1. The van der Waals surface area contributed by atoms with Crippen molar-refractivity contribution in [1.29, 1.82) is 0 Å². The molecule has 4 aliphatic heterocycles. The van der Waals surface area contributed by atoms with Gasteiger partial charge in [0.15, 0.2) is 31.3 Å². The lowest BCUT2D eigenvalue weighted by Gasteiger charge is -2.52. The molecule has 0 aliphatic carbocycles. The van der Waals surface area contributed by atoms with E-state index in [1.165, 1.54) is 0 Å². The van der Waals surface area contributed by atoms with Crippen LogP contribution >= 0.6 is 0 Å². The van der Waals surface area contributed by atoms with E-state index >= 15 is 0 Å². The maximum absolute atomic E-state index is 13.7. The van der Waals surface area contributed by atoms with E-state index in [-0.39, 0.29) is 19.1 Å². The first kappa shape index (κ1) is 36.0. The molecule has 0 aromatic heterocycles. The van der Waals surface area contributed by atoms with Crippen molar-refractivity contribution in [3.05, 3.63) is 144 Å². The van der Waals surface area contributed by atoms with E-state index in [2.05, 4.69) is 0 Å². The van der Waals surface area contributed by atoms with E-state index < -0.39 is 73.9 Å². The van der Waals surface area contributed by atoms with E-state index in [0.29, 0.717) is 12.2 Å². The van der Waals surface area contributed by atoms with Crippen molar-refractivity contribution in [3.8, 4) is 0 Å². The van der Waals surface area contributed by atoms with E-state index in [1.807, 2.05) is 104 Å². The highest BCUT2D eigenvalue weighted by Gasteiger charge is 2.56. The molecular formula is C42H44O11. The zero-order valence-electron chi connectivity index (χ0n) is 29.6. The average molecular weight is 725 g/mol. The number of fused-ring (bicyclic) bond motifs is 2. The second-order valence-electron chi connectivity index (χ2n) is 13.6. The molecule has 0 spiro atoms. The van der Waals surface area contributed by atoms with Gasteiger partial charge < -0.3 is 47.4 Å². The zero-order chi connectivity index (χ0) is 36.1. The number of carbonyl (C=O) groups is 1. The second-order valence-corrected chi connectivity index (χ2v) is 13.6. The van der Waals surface area contributed by atoms with Crippen molar-refractivity contribution < 1.29 is 52.2 Å². The minimum Gasteiger partial charge on any atom is -0.450 e. The van der Waals surface area contributed by atoms with Gasteiger partial charge in [-0.25, -0.2) is 4.79 Å². The summed E-state index contributed by atoms with van der Waals surface area (Å²) in [5.74, 6) is -0.906. The van der Waals surface area contributed by atoms with Gasteiger partial charge in [-0.15, -0.1) is 0 Å². The molecule has 11 heteroatoms. The Morgan fingerprint density at radius 2 is 1.13 bits per heavy atom. The monoisotopic (exact) mass is 724 g/mol. The zero-order valence-corrected chi connectivity index (χ0v) is 29.6. The molecule has 0 bridgehead atoms. The third-order valence-corrected chi connectivity index (χ3v) is 10.1. The quantitative estimate of drug-likeness (QED) is 0.176. The van der Waals surface area contributed by atoms with Gasteiger partial charge >= 0.3 is 5.97 Å². The maximum Gasteiger partial charge on any atom is 0.338 e. The molecule has 8 rings (SSSR count). The number of esters is 1. The van der Waals surface area contributed by atoms with Gasteiger partial charge in [-0.3, -0.25) is 0 Å². The summed E-state index contributed by atoms with van der Waals surface area (Å²) in [4.78, 5) is 13.7. The third-order valence-electron chi connectivity index (χ3n) is 10.1. The van der Waals surface area contributed by atoms with Gasteiger partial charge in [0.1, 0.15) is 30.5 Å². The van der Waals surface area contributed by atoms with Crippen LogP contribution in [0.25, 0.3) is 0 Å². The molecule has 0 radical (unpaired) electrons. The predicted molar refractivity (Wildman–Crippen MR) is 189 cm³/mol. The standard InChI is InChI=1S/C42H44O11/c1-26-33(34-31(24-46-40(52-34)29-19-11-5-12-20-29)48-39(26)45-23-27-15-7-3-8-16-27)51-42-37(50-38(43)28-17-9-4-10-18-28)36(44-2)35-32(49-42)25-47-41(53-35)30-21-13-6-14-22-30/h3-22,26,31-37,39-42H,23-25H2,1-2H3/t26?,31?,32?,33-,34+,35+,36+,37?,39-,40?,41?,42+/m1/s1. The van der Waals surface area contributed by atoms with Crippen LogP contribution in [0, 0.1) is 5.92 Å². The largest absolute Gasteiger partial charge is 0.450 e. The summed E-state index contributed by atoms with van der Waals surface area (Å²) in [6, 6.07) is 38.1. The summed E-state index contributed by atoms with van der Waals surface area (Å²) >= 11 is 0. The molecular weight excluding hydrogens is 680 g/mol. The molecule has 4 fully saturated rings. The van der Waals surface area contributed by atoms with Crippen LogP contribution in [0.3, 0.4) is 0 Å². The fourth-order valence-corrected chi connectivity index (χ4v) is 7.38. The maximum atomic E-state index is 13.7. The summed E-state index contributed by atoms with van der Waals surface area (Å²) in [5.41, 5.74) is 3.11. The predicted octanol–water partition coefficient (Wildman–Crippen LogP) is 6.14. The molecule has 53 heavy (non-hydrogen) atoms. The number of ether oxygens (including phenoxy) is 10. The van der Waals surface area contributed by atoms with Crippen LogP contribution < -0.4 is 0 Å². The lowest BCUT2D eigenvalue weighted by atomic mass is 9.90. The SMILES string of the molecule is CO[C@@H]1C(OC(=O)c2ccccc2)[C@H](O[C@@H]2C(C)[C@H](OCc3ccccc3)OC3COC(c4ccccc4)O[C@@H]32)OC2COC(c3ccccc3)O[C@@H]21. The molecule has 4 aliphatic rings. The Hall–Kier alpha value is -4.01. The van der Waals surface area contributed by atoms with Crippen molar-refractivity contribution in [1.82, 2.24) is 0 Å². The highest BCUT2D eigenvalue weighted by atomic mass is 16.8. The normalized spacial score (nSPS) is 34.0.